The van der Waals surface area contributed by atoms with E-state index in [0.29, 0.717) is 6.04 Å². The van der Waals surface area contributed by atoms with Crippen LogP contribution in [-0.2, 0) is 0 Å². The Bertz CT molecular complexity index is 165. The van der Waals surface area contributed by atoms with E-state index in [1.54, 1.807) is 0 Å². The molecule has 13 heavy (non-hydrogen) atoms. The number of nitrogens with zero attached hydrogens (tertiary/aromatic N) is 1. The third-order valence-corrected chi connectivity index (χ3v) is 3.51. The van der Waals surface area contributed by atoms with E-state index in [-0.39, 0.29) is 6.10 Å². The first-order chi connectivity index (χ1) is 6.27. The molecule has 2 atom stereocenters. The van der Waals surface area contributed by atoms with Gasteiger partial charge in [-0.1, -0.05) is 26.2 Å². The Kier molecular flexibility index (Phi) is 2.89. The smallest absolute Gasteiger partial charge is 0.0695 e. The molecule has 1 saturated carbocycles. The van der Waals surface area contributed by atoms with Crippen molar-refractivity contribution in [2.45, 2.75) is 51.2 Å². The fourth-order valence-corrected chi connectivity index (χ4v) is 2.71. The molecular formula is C11H21NO. The van der Waals surface area contributed by atoms with Gasteiger partial charge in [0.25, 0.3) is 0 Å². The minimum Gasteiger partial charge on any atom is -0.391 e. The Labute approximate surface area is 80.9 Å². The van der Waals surface area contributed by atoms with Gasteiger partial charge in [0.1, 0.15) is 0 Å². The van der Waals surface area contributed by atoms with Crippen molar-refractivity contribution in [2.75, 3.05) is 13.1 Å². The van der Waals surface area contributed by atoms with Crippen LogP contribution in [-0.4, -0.2) is 35.2 Å². The molecule has 1 heterocycles. The van der Waals surface area contributed by atoms with Crippen molar-refractivity contribution in [2.24, 2.45) is 5.92 Å². The lowest BCUT2D eigenvalue weighted by molar-refractivity contribution is -0.0143. The third-order valence-electron chi connectivity index (χ3n) is 3.51. The second-order valence-electron chi connectivity index (χ2n) is 4.83. The third kappa shape index (κ3) is 2.05. The van der Waals surface area contributed by atoms with Crippen LogP contribution in [0.4, 0.5) is 0 Å². The van der Waals surface area contributed by atoms with Gasteiger partial charge in [-0.25, -0.2) is 0 Å². The normalized spacial score (nSPS) is 38.3. The fraction of sp³-hybridized carbons (Fsp3) is 1.00. The Balaban J connectivity index is 1.88. The van der Waals surface area contributed by atoms with E-state index in [1.165, 1.54) is 38.8 Å². The van der Waals surface area contributed by atoms with E-state index in [2.05, 4.69) is 11.8 Å². The van der Waals surface area contributed by atoms with Gasteiger partial charge in [0.05, 0.1) is 6.10 Å². The highest BCUT2D eigenvalue weighted by Gasteiger charge is 2.33. The second kappa shape index (κ2) is 3.97. The predicted molar refractivity (Wildman–Crippen MR) is 53.6 cm³/mol. The SMILES string of the molecule is CC1CN(C2CCCCCC2O)C1. The summed E-state index contributed by atoms with van der Waals surface area (Å²) in [4.78, 5) is 2.47. The maximum Gasteiger partial charge on any atom is 0.0695 e. The molecule has 0 aromatic carbocycles. The zero-order valence-corrected chi connectivity index (χ0v) is 8.58. The number of hydrogen-bond acceptors (Lipinski definition) is 2. The monoisotopic (exact) mass is 183 g/mol. The minimum absolute atomic E-state index is 0.0463. The van der Waals surface area contributed by atoms with E-state index in [0.717, 1.165) is 12.3 Å². The number of likely N-dealkylation sites (tertiary alicyclic amines) is 1. The molecule has 1 aliphatic carbocycles. The van der Waals surface area contributed by atoms with Gasteiger partial charge >= 0.3 is 0 Å². The molecule has 2 fully saturated rings. The molecule has 1 aliphatic heterocycles. The van der Waals surface area contributed by atoms with E-state index in [9.17, 15) is 5.11 Å². The topological polar surface area (TPSA) is 23.5 Å². The lowest BCUT2D eigenvalue weighted by Gasteiger charge is -2.44. The quantitative estimate of drug-likeness (QED) is 0.625. The predicted octanol–water partition coefficient (Wildman–Crippen LogP) is 1.63. The van der Waals surface area contributed by atoms with Crippen LogP contribution in [0.3, 0.4) is 0 Å². The van der Waals surface area contributed by atoms with Crippen molar-refractivity contribution in [3.05, 3.63) is 0 Å². The van der Waals surface area contributed by atoms with Crippen molar-refractivity contribution in [3.63, 3.8) is 0 Å². The average molecular weight is 183 g/mol. The van der Waals surface area contributed by atoms with Crippen molar-refractivity contribution >= 4 is 0 Å². The van der Waals surface area contributed by atoms with Crippen LogP contribution in [0.5, 0.6) is 0 Å². The zero-order chi connectivity index (χ0) is 9.26. The lowest BCUT2D eigenvalue weighted by atomic mass is 9.95. The molecule has 0 amide bonds. The van der Waals surface area contributed by atoms with Crippen LogP contribution in [0.15, 0.2) is 0 Å². The summed E-state index contributed by atoms with van der Waals surface area (Å²) in [5.74, 6) is 0.857. The molecule has 2 nitrogen and oxygen atoms in total. The molecule has 1 N–H and O–H groups in total. The van der Waals surface area contributed by atoms with Gasteiger partial charge in [-0.05, 0) is 18.8 Å². The van der Waals surface area contributed by atoms with Crippen LogP contribution < -0.4 is 0 Å². The van der Waals surface area contributed by atoms with Crippen molar-refractivity contribution in [1.29, 1.82) is 0 Å². The van der Waals surface area contributed by atoms with Crippen molar-refractivity contribution < 1.29 is 5.11 Å². The molecule has 0 bridgehead atoms. The molecule has 76 valence electrons. The number of aliphatic hydroxyl groups excluding tert-OH is 1. The standard InChI is InChI=1S/C11H21NO/c1-9-7-12(8-9)10-5-3-2-4-6-11(10)13/h9-11,13H,2-8H2,1H3. The largest absolute Gasteiger partial charge is 0.391 e. The first-order valence-electron chi connectivity index (χ1n) is 5.69. The van der Waals surface area contributed by atoms with Gasteiger partial charge in [-0.2, -0.15) is 0 Å². The lowest BCUT2D eigenvalue weighted by Crippen LogP contribution is -2.54. The van der Waals surface area contributed by atoms with E-state index in [4.69, 9.17) is 0 Å². The summed E-state index contributed by atoms with van der Waals surface area (Å²) in [5.41, 5.74) is 0. The molecule has 1 saturated heterocycles. The molecule has 0 radical (unpaired) electrons. The van der Waals surface area contributed by atoms with Crippen molar-refractivity contribution in [3.8, 4) is 0 Å². The Hall–Kier alpha value is -0.0800. The molecule has 2 aliphatic rings. The van der Waals surface area contributed by atoms with E-state index < -0.39 is 0 Å². The first-order valence-corrected chi connectivity index (χ1v) is 5.69. The Morgan fingerprint density at radius 3 is 2.46 bits per heavy atom. The van der Waals surface area contributed by atoms with Gasteiger partial charge in [0.15, 0.2) is 0 Å². The fourth-order valence-electron chi connectivity index (χ4n) is 2.71. The molecule has 2 unspecified atom stereocenters. The molecule has 0 spiro atoms. The summed E-state index contributed by atoms with van der Waals surface area (Å²) in [7, 11) is 0. The summed E-state index contributed by atoms with van der Waals surface area (Å²) in [5, 5.41) is 9.93. The minimum atomic E-state index is -0.0463. The van der Waals surface area contributed by atoms with Crippen molar-refractivity contribution in [1.82, 2.24) is 4.90 Å². The maximum atomic E-state index is 9.93. The number of hydrogen-bond donors (Lipinski definition) is 1. The van der Waals surface area contributed by atoms with Gasteiger partial charge in [-0.15, -0.1) is 0 Å². The second-order valence-corrected chi connectivity index (χ2v) is 4.83. The van der Waals surface area contributed by atoms with E-state index >= 15 is 0 Å². The molecule has 2 rings (SSSR count). The van der Waals surface area contributed by atoms with E-state index in [1.807, 2.05) is 0 Å². The van der Waals surface area contributed by atoms with Crippen LogP contribution in [0.25, 0.3) is 0 Å². The van der Waals surface area contributed by atoms with Crippen LogP contribution in [0.1, 0.15) is 39.0 Å². The molecule has 0 aromatic rings. The summed E-state index contributed by atoms with van der Waals surface area (Å²) in [6, 6.07) is 0.485. The highest BCUT2D eigenvalue weighted by atomic mass is 16.3. The van der Waals surface area contributed by atoms with Gasteiger partial charge in [-0.3, -0.25) is 4.90 Å². The molecule has 2 heteroatoms. The number of rotatable bonds is 1. The Morgan fingerprint density at radius 1 is 1.08 bits per heavy atom. The van der Waals surface area contributed by atoms with Crippen LogP contribution >= 0.6 is 0 Å². The highest BCUT2D eigenvalue weighted by Crippen LogP contribution is 2.27. The first kappa shape index (κ1) is 9.47. The van der Waals surface area contributed by atoms with Crippen LogP contribution in [0, 0.1) is 5.92 Å². The molecule has 0 aromatic heterocycles. The van der Waals surface area contributed by atoms with Crippen LogP contribution in [0.2, 0.25) is 0 Å². The van der Waals surface area contributed by atoms with Gasteiger partial charge in [0.2, 0.25) is 0 Å². The maximum absolute atomic E-state index is 9.93. The summed E-state index contributed by atoms with van der Waals surface area (Å²) in [6.45, 7) is 4.71. The molecular weight excluding hydrogens is 162 g/mol. The summed E-state index contributed by atoms with van der Waals surface area (Å²) < 4.78 is 0. The average Bonchev–Trinajstić information content (AvgIpc) is 2.25. The number of aliphatic hydroxyl groups is 1. The summed E-state index contributed by atoms with van der Waals surface area (Å²) >= 11 is 0. The Morgan fingerprint density at radius 2 is 1.77 bits per heavy atom. The zero-order valence-electron chi connectivity index (χ0n) is 8.58. The highest BCUT2D eigenvalue weighted by molar-refractivity contribution is 4.88. The van der Waals surface area contributed by atoms with Gasteiger partial charge < -0.3 is 5.11 Å². The summed E-state index contributed by atoms with van der Waals surface area (Å²) in [6.07, 6.45) is 6.05. The van der Waals surface area contributed by atoms with Gasteiger partial charge in [0, 0.05) is 19.1 Å².